The number of aliphatic hydroxyl groups is 1. The zero-order chi connectivity index (χ0) is 24.1. The standard InChI is InChI=1S/C27H31N3O4.H2O/c1-18(2)34-27(32)29-20-10-8-19(9-11-20)26-24(17-28)23-13-12-22(33-15-4-3-14-31)16-25(23)30(26)21-6-5-7-21;/h8-13,16,18,21,31H,3-7,14-15H2,1-2H3,(H,29,32);1H2. The summed E-state index contributed by atoms with van der Waals surface area (Å²) in [6, 6.07) is 16.2. The summed E-state index contributed by atoms with van der Waals surface area (Å²) in [5.41, 5.74) is 4.11. The molecule has 0 spiro atoms. The summed E-state index contributed by atoms with van der Waals surface area (Å²) in [7, 11) is 0. The lowest BCUT2D eigenvalue weighted by Crippen LogP contribution is -2.18. The Morgan fingerprint density at radius 3 is 2.54 bits per heavy atom. The first-order chi connectivity index (χ1) is 16.5. The number of benzene rings is 2. The van der Waals surface area contributed by atoms with Crippen molar-refractivity contribution in [3.63, 3.8) is 0 Å². The number of unbranched alkanes of at least 4 members (excludes halogenated alkanes) is 1. The molecule has 35 heavy (non-hydrogen) atoms. The third-order valence-electron chi connectivity index (χ3n) is 6.10. The Balaban J connectivity index is 0.00000342. The molecule has 4 rings (SSSR count). The van der Waals surface area contributed by atoms with Gasteiger partial charge in [0.1, 0.15) is 11.8 Å². The van der Waals surface area contributed by atoms with E-state index in [1.807, 2.05) is 42.5 Å². The summed E-state index contributed by atoms with van der Waals surface area (Å²) in [4.78, 5) is 11.9. The van der Waals surface area contributed by atoms with Gasteiger partial charge in [-0.1, -0.05) is 12.1 Å². The Hall–Kier alpha value is -3.54. The molecule has 0 radical (unpaired) electrons. The van der Waals surface area contributed by atoms with Gasteiger partial charge in [-0.2, -0.15) is 5.26 Å². The summed E-state index contributed by atoms with van der Waals surface area (Å²) in [6.07, 6.45) is 4.13. The molecular formula is C27H33N3O5. The number of fused-ring (bicyclic) bond motifs is 1. The molecule has 1 saturated carbocycles. The Kier molecular flexibility index (Phi) is 8.74. The molecule has 0 aliphatic heterocycles. The second-order valence-corrected chi connectivity index (χ2v) is 8.90. The largest absolute Gasteiger partial charge is 0.494 e. The maximum atomic E-state index is 11.9. The molecule has 4 N–H and O–H groups in total. The number of rotatable bonds is 9. The molecule has 3 aromatic rings. The third kappa shape index (κ3) is 5.76. The topological polar surface area (TPSA) is 128 Å². The first-order valence-electron chi connectivity index (χ1n) is 11.9. The van der Waals surface area contributed by atoms with E-state index >= 15 is 0 Å². The second kappa shape index (κ2) is 11.7. The van der Waals surface area contributed by atoms with E-state index in [2.05, 4.69) is 16.0 Å². The fraction of sp³-hybridized carbons (Fsp3) is 0.407. The van der Waals surface area contributed by atoms with Crippen molar-refractivity contribution >= 4 is 22.7 Å². The first kappa shape index (κ1) is 26.1. The molecule has 1 aliphatic rings. The minimum atomic E-state index is -0.490. The average molecular weight is 480 g/mol. The highest BCUT2D eigenvalue weighted by Crippen LogP contribution is 2.43. The number of hydrogen-bond donors (Lipinski definition) is 2. The van der Waals surface area contributed by atoms with Crippen molar-refractivity contribution in [2.24, 2.45) is 0 Å². The van der Waals surface area contributed by atoms with Crippen LogP contribution in [-0.4, -0.2) is 40.6 Å². The quantitative estimate of drug-likeness (QED) is 0.408. The lowest BCUT2D eigenvalue weighted by molar-refractivity contribution is 0.130. The molecule has 0 unspecified atom stereocenters. The van der Waals surface area contributed by atoms with Crippen LogP contribution in [0.4, 0.5) is 10.5 Å². The number of carbonyl (C=O) groups is 1. The summed E-state index contributed by atoms with van der Waals surface area (Å²) >= 11 is 0. The Morgan fingerprint density at radius 2 is 1.94 bits per heavy atom. The lowest BCUT2D eigenvalue weighted by Gasteiger charge is -2.30. The molecule has 186 valence electrons. The highest BCUT2D eigenvalue weighted by Gasteiger charge is 2.28. The van der Waals surface area contributed by atoms with Crippen LogP contribution < -0.4 is 10.1 Å². The Bertz CT molecular complexity index is 1190. The van der Waals surface area contributed by atoms with Crippen molar-refractivity contribution in [1.82, 2.24) is 4.57 Å². The van der Waals surface area contributed by atoms with Gasteiger partial charge in [0.25, 0.3) is 0 Å². The highest BCUT2D eigenvalue weighted by molar-refractivity contribution is 5.96. The van der Waals surface area contributed by atoms with Crippen LogP contribution >= 0.6 is 0 Å². The molecular weight excluding hydrogens is 446 g/mol. The fourth-order valence-corrected chi connectivity index (χ4v) is 4.28. The molecule has 1 fully saturated rings. The number of hydrogen-bond acceptors (Lipinski definition) is 5. The van der Waals surface area contributed by atoms with Gasteiger partial charge in [0.15, 0.2) is 0 Å². The molecule has 8 heteroatoms. The molecule has 1 aliphatic carbocycles. The van der Waals surface area contributed by atoms with Crippen LogP contribution in [0.3, 0.4) is 0 Å². The predicted octanol–water partition coefficient (Wildman–Crippen LogP) is 5.19. The predicted molar refractivity (Wildman–Crippen MR) is 136 cm³/mol. The summed E-state index contributed by atoms with van der Waals surface area (Å²) < 4.78 is 13.3. The van der Waals surface area contributed by atoms with Crippen molar-refractivity contribution in [2.45, 2.75) is 58.1 Å². The van der Waals surface area contributed by atoms with E-state index in [1.54, 1.807) is 13.8 Å². The van der Waals surface area contributed by atoms with Gasteiger partial charge >= 0.3 is 6.09 Å². The Morgan fingerprint density at radius 1 is 1.20 bits per heavy atom. The van der Waals surface area contributed by atoms with Gasteiger partial charge in [-0.25, -0.2) is 4.79 Å². The van der Waals surface area contributed by atoms with E-state index in [0.717, 1.165) is 47.2 Å². The van der Waals surface area contributed by atoms with Gasteiger partial charge in [0, 0.05) is 29.8 Å². The number of ether oxygens (including phenoxy) is 2. The van der Waals surface area contributed by atoms with Crippen LogP contribution in [0, 0.1) is 11.3 Å². The molecule has 0 saturated heterocycles. The fourth-order valence-electron chi connectivity index (χ4n) is 4.28. The Labute approximate surface area is 205 Å². The number of anilines is 1. The van der Waals surface area contributed by atoms with E-state index < -0.39 is 6.09 Å². The van der Waals surface area contributed by atoms with Gasteiger partial charge in [-0.3, -0.25) is 5.32 Å². The third-order valence-corrected chi connectivity index (χ3v) is 6.10. The first-order valence-corrected chi connectivity index (χ1v) is 11.9. The number of carbonyl (C=O) groups excluding carboxylic acids is 1. The van der Waals surface area contributed by atoms with Crippen molar-refractivity contribution in [3.8, 4) is 23.1 Å². The summed E-state index contributed by atoms with van der Waals surface area (Å²) in [5.74, 6) is 0.766. The van der Waals surface area contributed by atoms with E-state index in [9.17, 15) is 10.1 Å². The summed E-state index contributed by atoms with van der Waals surface area (Å²) in [5, 5.41) is 22.7. The number of aromatic nitrogens is 1. The average Bonchev–Trinajstić information content (AvgIpc) is 3.09. The zero-order valence-corrected chi connectivity index (χ0v) is 20.2. The molecule has 0 bridgehead atoms. The maximum absolute atomic E-state index is 11.9. The molecule has 1 amide bonds. The normalized spacial score (nSPS) is 13.1. The van der Waals surface area contributed by atoms with Gasteiger partial charge in [0.05, 0.1) is 29.5 Å². The van der Waals surface area contributed by atoms with Gasteiger partial charge in [-0.05, 0) is 75.8 Å². The molecule has 1 aromatic heterocycles. The number of aliphatic hydroxyl groups excluding tert-OH is 1. The van der Waals surface area contributed by atoms with Crippen LogP contribution in [0.2, 0.25) is 0 Å². The maximum Gasteiger partial charge on any atom is 0.411 e. The van der Waals surface area contributed by atoms with Crippen LogP contribution in [0.15, 0.2) is 42.5 Å². The number of nitrogens with one attached hydrogen (secondary N) is 1. The van der Waals surface area contributed by atoms with Crippen LogP contribution in [0.25, 0.3) is 22.2 Å². The van der Waals surface area contributed by atoms with Gasteiger partial charge in [-0.15, -0.1) is 0 Å². The van der Waals surface area contributed by atoms with Crippen molar-refractivity contribution < 1.29 is 24.9 Å². The molecule has 2 aromatic carbocycles. The van der Waals surface area contributed by atoms with E-state index in [1.165, 1.54) is 6.42 Å². The smallest absolute Gasteiger partial charge is 0.411 e. The number of nitriles is 1. The second-order valence-electron chi connectivity index (χ2n) is 8.90. The molecule has 1 heterocycles. The van der Waals surface area contributed by atoms with E-state index in [0.29, 0.717) is 30.3 Å². The van der Waals surface area contributed by atoms with Crippen LogP contribution in [0.5, 0.6) is 5.75 Å². The molecule has 8 nitrogen and oxygen atoms in total. The van der Waals surface area contributed by atoms with E-state index in [-0.39, 0.29) is 18.2 Å². The van der Waals surface area contributed by atoms with Crippen LogP contribution in [0.1, 0.15) is 57.6 Å². The summed E-state index contributed by atoms with van der Waals surface area (Å²) in [6.45, 7) is 4.31. The number of amides is 1. The van der Waals surface area contributed by atoms with Crippen molar-refractivity contribution in [3.05, 3.63) is 48.0 Å². The number of nitrogens with zero attached hydrogens (tertiary/aromatic N) is 2. The van der Waals surface area contributed by atoms with E-state index in [4.69, 9.17) is 14.6 Å². The van der Waals surface area contributed by atoms with Gasteiger partial charge in [0.2, 0.25) is 0 Å². The molecule has 0 atom stereocenters. The van der Waals surface area contributed by atoms with Crippen LogP contribution in [-0.2, 0) is 4.74 Å². The SMILES string of the molecule is CC(C)OC(=O)Nc1ccc(-c2c(C#N)c3ccc(OCCCCO)cc3n2C2CCC2)cc1.O. The minimum Gasteiger partial charge on any atom is -0.494 e. The monoisotopic (exact) mass is 479 g/mol. The van der Waals surface area contributed by atoms with Crippen molar-refractivity contribution in [2.75, 3.05) is 18.5 Å². The van der Waals surface area contributed by atoms with Crippen molar-refractivity contribution in [1.29, 1.82) is 5.26 Å². The minimum absolute atomic E-state index is 0. The van der Waals surface area contributed by atoms with Gasteiger partial charge < -0.3 is 24.6 Å². The highest BCUT2D eigenvalue weighted by atomic mass is 16.6. The zero-order valence-electron chi connectivity index (χ0n) is 20.2. The lowest BCUT2D eigenvalue weighted by atomic mass is 9.92.